The summed E-state index contributed by atoms with van der Waals surface area (Å²) in [4.78, 5) is 22.1. The van der Waals surface area contributed by atoms with Gasteiger partial charge in [0.1, 0.15) is 5.75 Å². The quantitative estimate of drug-likeness (QED) is 0.748. The number of methoxy groups -OCH3 is 1. The second-order valence-electron chi connectivity index (χ2n) is 4.95. The zero-order valence-corrected chi connectivity index (χ0v) is 14.6. The number of pyridine rings is 1. The Hall–Kier alpha value is -2.44. The number of aryl methyl sites for hydroxylation is 1. The number of anilines is 1. The highest BCUT2D eigenvalue weighted by atomic mass is 35.5. The highest BCUT2D eigenvalue weighted by Gasteiger charge is 2.17. The predicted molar refractivity (Wildman–Crippen MR) is 96.0 cm³/mol. The average molecular weight is 360 g/mol. The zero-order valence-electron chi connectivity index (χ0n) is 13.0. The van der Waals surface area contributed by atoms with E-state index >= 15 is 0 Å². The number of nitrogens with one attached hydrogen (secondary N) is 1. The molecule has 0 spiro atoms. The number of halogens is 1. The van der Waals surface area contributed by atoms with Gasteiger partial charge in [-0.2, -0.15) is 0 Å². The van der Waals surface area contributed by atoms with Crippen LogP contribution in [0.1, 0.15) is 16.1 Å². The topological polar surface area (TPSA) is 64.1 Å². The largest absolute Gasteiger partial charge is 0.496 e. The molecule has 0 aliphatic rings. The lowest BCUT2D eigenvalue weighted by Crippen LogP contribution is -2.13. The van der Waals surface area contributed by atoms with Crippen LogP contribution >= 0.6 is 22.9 Å². The molecule has 0 fully saturated rings. The number of hydrogen-bond donors (Lipinski definition) is 1. The van der Waals surface area contributed by atoms with E-state index in [9.17, 15) is 4.79 Å². The summed E-state index contributed by atoms with van der Waals surface area (Å²) in [6, 6.07) is 10.6. The van der Waals surface area contributed by atoms with Gasteiger partial charge in [0.05, 0.1) is 28.9 Å². The average Bonchev–Trinajstić information content (AvgIpc) is 2.96. The van der Waals surface area contributed by atoms with E-state index in [1.165, 1.54) is 18.4 Å². The fraction of sp³-hybridized carbons (Fsp3) is 0.118. The van der Waals surface area contributed by atoms with E-state index in [0.29, 0.717) is 21.5 Å². The summed E-state index contributed by atoms with van der Waals surface area (Å²) in [7, 11) is 1.51. The molecule has 1 N–H and O–H groups in total. The van der Waals surface area contributed by atoms with Gasteiger partial charge in [-0.15, -0.1) is 0 Å². The van der Waals surface area contributed by atoms with Gasteiger partial charge >= 0.3 is 0 Å². The van der Waals surface area contributed by atoms with Gasteiger partial charge in [-0.05, 0) is 37.3 Å². The molecule has 0 bridgehead atoms. The van der Waals surface area contributed by atoms with Crippen molar-refractivity contribution in [1.82, 2.24) is 9.97 Å². The van der Waals surface area contributed by atoms with Gasteiger partial charge < -0.3 is 4.74 Å². The monoisotopic (exact) mass is 359 g/mol. The Morgan fingerprint density at radius 1 is 1.29 bits per heavy atom. The van der Waals surface area contributed by atoms with Crippen molar-refractivity contribution in [3.05, 3.63) is 58.9 Å². The minimum absolute atomic E-state index is 0.323. The molecule has 3 aromatic rings. The molecule has 0 aliphatic carbocycles. The standard InChI is InChI=1S/C17H14ClN3O2S/c1-10-15(13-5-3-4-8-19-13)24-17(20-10)21-16(22)12-9-11(18)6-7-14(12)23-2/h3-9H,1-2H3,(H,20,21,22). The van der Waals surface area contributed by atoms with Crippen molar-refractivity contribution in [3.63, 3.8) is 0 Å². The molecular weight excluding hydrogens is 346 g/mol. The first-order valence-corrected chi connectivity index (χ1v) is 8.31. The molecule has 0 atom stereocenters. The maximum Gasteiger partial charge on any atom is 0.261 e. The number of benzene rings is 1. The molecule has 3 rings (SSSR count). The highest BCUT2D eigenvalue weighted by Crippen LogP contribution is 2.32. The van der Waals surface area contributed by atoms with Crippen molar-refractivity contribution in [3.8, 4) is 16.3 Å². The molecule has 2 heterocycles. The zero-order chi connectivity index (χ0) is 17.1. The third kappa shape index (κ3) is 3.39. The second kappa shape index (κ2) is 6.98. The Balaban J connectivity index is 1.87. The van der Waals surface area contributed by atoms with Gasteiger partial charge in [-0.1, -0.05) is 29.0 Å². The summed E-state index contributed by atoms with van der Waals surface area (Å²) in [5.41, 5.74) is 2.00. The number of thiazole rings is 1. The number of carbonyl (C=O) groups excluding carboxylic acids is 1. The Labute approximate surface area is 148 Å². The van der Waals surface area contributed by atoms with Gasteiger partial charge in [0.15, 0.2) is 5.13 Å². The maximum atomic E-state index is 12.5. The molecule has 24 heavy (non-hydrogen) atoms. The van der Waals surface area contributed by atoms with Crippen LogP contribution in [0.25, 0.3) is 10.6 Å². The first kappa shape index (κ1) is 16.4. The number of amides is 1. The summed E-state index contributed by atoms with van der Waals surface area (Å²) in [6.07, 6.45) is 1.73. The lowest BCUT2D eigenvalue weighted by molar-refractivity contribution is 0.102. The van der Waals surface area contributed by atoms with E-state index in [1.807, 2.05) is 25.1 Å². The highest BCUT2D eigenvalue weighted by molar-refractivity contribution is 7.19. The Kier molecular flexibility index (Phi) is 4.78. The van der Waals surface area contributed by atoms with Crippen LogP contribution in [0, 0.1) is 6.92 Å². The van der Waals surface area contributed by atoms with Crippen molar-refractivity contribution in [2.75, 3.05) is 12.4 Å². The Bertz CT molecular complexity index is 881. The maximum absolute atomic E-state index is 12.5. The molecular formula is C17H14ClN3O2S. The minimum Gasteiger partial charge on any atom is -0.496 e. The van der Waals surface area contributed by atoms with Crippen LogP contribution in [-0.4, -0.2) is 23.0 Å². The lowest BCUT2D eigenvalue weighted by Gasteiger charge is -2.08. The van der Waals surface area contributed by atoms with Gasteiger partial charge in [0.25, 0.3) is 5.91 Å². The van der Waals surface area contributed by atoms with Crippen LogP contribution in [-0.2, 0) is 0 Å². The SMILES string of the molecule is COc1ccc(Cl)cc1C(=O)Nc1nc(C)c(-c2ccccn2)s1. The van der Waals surface area contributed by atoms with Gasteiger partial charge in [-0.3, -0.25) is 15.1 Å². The number of carbonyl (C=O) groups is 1. The molecule has 5 nitrogen and oxygen atoms in total. The molecule has 0 saturated heterocycles. The molecule has 7 heteroatoms. The van der Waals surface area contributed by atoms with E-state index in [2.05, 4.69) is 15.3 Å². The van der Waals surface area contributed by atoms with E-state index in [1.54, 1.807) is 24.4 Å². The van der Waals surface area contributed by atoms with E-state index in [-0.39, 0.29) is 5.91 Å². The summed E-state index contributed by atoms with van der Waals surface area (Å²) >= 11 is 7.35. The molecule has 0 saturated carbocycles. The minimum atomic E-state index is -0.323. The summed E-state index contributed by atoms with van der Waals surface area (Å²) in [5.74, 6) is 0.130. The van der Waals surface area contributed by atoms with Crippen LogP contribution in [0.15, 0.2) is 42.6 Å². The van der Waals surface area contributed by atoms with Crippen molar-refractivity contribution in [1.29, 1.82) is 0 Å². The van der Waals surface area contributed by atoms with E-state index < -0.39 is 0 Å². The molecule has 0 radical (unpaired) electrons. The number of aromatic nitrogens is 2. The number of hydrogen-bond acceptors (Lipinski definition) is 5. The van der Waals surface area contributed by atoms with Crippen molar-refractivity contribution < 1.29 is 9.53 Å². The van der Waals surface area contributed by atoms with Crippen molar-refractivity contribution >= 4 is 34.0 Å². The molecule has 0 unspecified atom stereocenters. The number of rotatable bonds is 4. The third-order valence-corrected chi connectivity index (χ3v) is 4.65. The van der Waals surface area contributed by atoms with Crippen LogP contribution in [0.4, 0.5) is 5.13 Å². The summed E-state index contributed by atoms with van der Waals surface area (Å²) < 4.78 is 5.21. The van der Waals surface area contributed by atoms with Crippen LogP contribution in [0.3, 0.4) is 0 Å². The smallest absolute Gasteiger partial charge is 0.261 e. The van der Waals surface area contributed by atoms with Crippen molar-refractivity contribution in [2.24, 2.45) is 0 Å². The second-order valence-corrected chi connectivity index (χ2v) is 6.38. The van der Waals surface area contributed by atoms with E-state index in [0.717, 1.165) is 16.3 Å². The third-order valence-electron chi connectivity index (χ3n) is 3.32. The number of ether oxygens (including phenoxy) is 1. The molecule has 1 amide bonds. The van der Waals surface area contributed by atoms with E-state index in [4.69, 9.17) is 16.3 Å². The Morgan fingerprint density at radius 3 is 2.83 bits per heavy atom. The van der Waals surface area contributed by atoms with Gasteiger partial charge in [-0.25, -0.2) is 4.98 Å². The van der Waals surface area contributed by atoms with Crippen LogP contribution in [0.2, 0.25) is 5.02 Å². The first-order valence-electron chi connectivity index (χ1n) is 7.12. The first-order chi connectivity index (χ1) is 11.6. The normalized spacial score (nSPS) is 10.5. The lowest BCUT2D eigenvalue weighted by atomic mass is 10.2. The fourth-order valence-electron chi connectivity index (χ4n) is 2.21. The summed E-state index contributed by atoms with van der Waals surface area (Å²) in [5, 5.41) is 3.76. The molecule has 0 aliphatic heterocycles. The van der Waals surface area contributed by atoms with Gasteiger partial charge in [0.2, 0.25) is 0 Å². The molecule has 2 aromatic heterocycles. The molecule has 1 aromatic carbocycles. The predicted octanol–water partition coefficient (Wildman–Crippen LogP) is 4.43. The van der Waals surface area contributed by atoms with Crippen molar-refractivity contribution in [2.45, 2.75) is 6.92 Å². The van der Waals surface area contributed by atoms with Gasteiger partial charge in [0, 0.05) is 11.2 Å². The molecule has 122 valence electrons. The van der Waals surface area contributed by atoms with Crippen LogP contribution in [0.5, 0.6) is 5.75 Å². The van der Waals surface area contributed by atoms with Crippen LogP contribution < -0.4 is 10.1 Å². The Morgan fingerprint density at radius 2 is 2.12 bits per heavy atom. The summed E-state index contributed by atoms with van der Waals surface area (Å²) in [6.45, 7) is 1.89. The fourth-order valence-corrected chi connectivity index (χ4v) is 3.32. The number of nitrogens with zero attached hydrogens (tertiary/aromatic N) is 2.